The molecule has 2 aromatic rings. The minimum absolute atomic E-state index is 0.140. The molecule has 7 nitrogen and oxygen atoms in total. The van der Waals surface area contributed by atoms with Gasteiger partial charge in [0.1, 0.15) is 0 Å². The molecule has 3 rings (SSSR count). The van der Waals surface area contributed by atoms with Crippen molar-refractivity contribution in [3.8, 4) is 17.2 Å². The number of hydrogen-bond donors (Lipinski definition) is 2. The smallest absolute Gasteiger partial charge is 0.251 e. The average Bonchev–Trinajstić information content (AvgIpc) is 2.76. The van der Waals surface area contributed by atoms with Crippen LogP contribution in [0.15, 0.2) is 30.3 Å². The topological polar surface area (TPSA) is 85.9 Å². The van der Waals surface area contributed by atoms with E-state index < -0.39 is 5.91 Å². The number of carbonyl (C=O) groups excluding carboxylic acids is 2. The van der Waals surface area contributed by atoms with E-state index in [2.05, 4.69) is 16.7 Å². The minimum Gasteiger partial charge on any atom is -0.493 e. The van der Waals surface area contributed by atoms with Crippen molar-refractivity contribution in [2.45, 2.75) is 25.7 Å². The fourth-order valence-electron chi connectivity index (χ4n) is 3.57. The van der Waals surface area contributed by atoms with E-state index in [1.54, 1.807) is 12.1 Å². The number of amides is 2. The van der Waals surface area contributed by atoms with Crippen LogP contribution in [0.5, 0.6) is 17.2 Å². The Hall–Kier alpha value is -3.22. The summed E-state index contributed by atoms with van der Waals surface area (Å²) in [5.74, 6) is 0.465. The molecule has 2 aromatic carbocycles. The monoisotopic (exact) mass is 398 g/mol. The fraction of sp³-hybridized carbons (Fsp3) is 0.364. The Morgan fingerprint density at radius 2 is 1.66 bits per heavy atom. The summed E-state index contributed by atoms with van der Waals surface area (Å²) in [4.78, 5) is 24.9. The lowest BCUT2D eigenvalue weighted by atomic mass is 9.90. The van der Waals surface area contributed by atoms with Crippen LogP contribution >= 0.6 is 0 Å². The Bertz CT molecular complexity index is 885. The number of methoxy groups -OCH3 is 3. The number of nitrogens with one attached hydrogen (secondary N) is 2. The number of aryl methyl sites for hydroxylation is 1. The maximum absolute atomic E-state index is 12.5. The van der Waals surface area contributed by atoms with Crippen molar-refractivity contribution in [3.05, 3.63) is 47.0 Å². The molecule has 0 spiro atoms. The summed E-state index contributed by atoms with van der Waals surface area (Å²) < 4.78 is 15.8. The summed E-state index contributed by atoms with van der Waals surface area (Å²) in [6.07, 6.45) is 4.30. The number of carbonyl (C=O) groups is 2. The number of rotatable bonds is 7. The van der Waals surface area contributed by atoms with Gasteiger partial charge in [0.25, 0.3) is 5.91 Å². The van der Waals surface area contributed by atoms with Gasteiger partial charge in [-0.3, -0.25) is 9.59 Å². The van der Waals surface area contributed by atoms with E-state index in [0.29, 0.717) is 22.8 Å². The van der Waals surface area contributed by atoms with Gasteiger partial charge in [-0.05, 0) is 55.0 Å². The Morgan fingerprint density at radius 1 is 0.966 bits per heavy atom. The Balaban J connectivity index is 1.66. The predicted octanol–water partition coefficient (Wildman–Crippen LogP) is 2.96. The summed E-state index contributed by atoms with van der Waals surface area (Å²) in [6.45, 7) is -0.140. The molecule has 2 amide bonds. The van der Waals surface area contributed by atoms with E-state index >= 15 is 0 Å². The molecule has 0 radical (unpaired) electrons. The molecule has 0 saturated heterocycles. The van der Waals surface area contributed by atoms with Gasteiger partial charge >= 0.3 is 0 Å². The van der Waals surface area contributed by atoms with Crippen LogP contribution < -0.4 is 24.8 Å². The molecule has 0 aromatic heterocycles. The van der Waals surface area contributed by atoms with Crippen molar-refractivity contribution in [2.75, 3.05) is 33.2 Å². The zero-order chi connectivity index (χ0) is 20.8. The zero-order valence-corrected chi connectivity index (χ0v) is 17.0. The number of benzene rings is 2. The fourth-order valence-corrected chi connectivity index (χ4v) is 3.57. The summed E-state index contributed by atoms with van der Waals surface area (Å²) in [5.41, 5.74) is 3.62. The minimum atomic E-state index is -0.408. The van der Waals surface area contributed by atoms with E-state index in [1.807, 2.05) is 12.1 Å². The van der Waals surface area contributed by atoms with E-state index in [-0.39, 0.29) is 12.5 Å². The summed E-state index contributed by atoms with van der Waals surface area (Å²) in [7, 11) is 4.45. The van der Waals surface area contributed by atoms with Gasteiger partial charge in [0.2, 0.25) is 11.7 Å². The summed E-state index contributed by atoms with van der Waals surface area (Å²) in [5, 5.41) is 5.55. The SMILES string of the molecule is COc1cc(C(=O)NCC(=O)Nc2cccc3c2CCCC3)cc(OC)c1OC. The highest BCUT2D eigenvalue weighted by Gasteiger charge is 2.18. The van der Waals surface area contributed by atoms with E-state index in [4.69, 9.17) is 14.2 Å². The van der Waals surface area contributed by atoms with Crippen molar-refractivity contribution >= 4 is 17.5 Å². The maximum atomic E-state index is 12.5. The van der Waals surface area contributed by atoms with Crippen molar-refractivity contribution in [3.63, 3.8) is 0 Å². The lowest BCUT2D eigenvalue weighted by Crippen LogP contribution is -2.33. The van der Waals surface area contributed by atoms with E-state index in [1.165, 1.54) is 38.9 Å². The van der Waals surface area contributed by atoms with Crippen LogP contribution in [-0.4, -0.2) is 39.7 Å². The second kappa shape index (κ2) is 9.32. The van der Waals surface area contributed by atoms with Crippen molar-refractivity contribution in [1.82, 2.24) is 5.32 Å². The molecule has 1 aliphatic rings. The quantitative estimate of drug-likeness (QED) is 0.749. The molecule has 154 valence electrons. The van der Waals surface area contributed by atoms with Crippen LogP contribution in [-0.2, 0) is 17.6 Å². The first kappa shape index (κ1) is 20.5. The Kier molecular flexibility index (Phi) is 6.59. The second-order valence-electron chi connectivity index (χ2n) is 6.80. The summed E-state index contributed by atoms with van der Waals surface area (Å²) in [6, 6.07) is 9.05. The molecule has 0 unspecified atom stereocenters. The van der Waals surface area contributed by atoms with Crippen LogP contribution in [0.3, 0.4) is 0 Å². The van der Waals surface area contributed by atoms with Crippen molar-refractivity contribution < 1.29 is 23.8 Å². The molecule has 0 fully saturated rings. The standard InChI is InChI=1S/C22H26N2O5/c1-27-18-11-15(12-19(28-2)21(18)29-3)22(26)23-13-20(25)24-17-10-6-8-14-7-4-5-9-16(14)17/h6,8,10-12H,4-5,7,9,13H2,1-3H3,(H,23,26)(H,24,25). The second-order valence-corrected chi connectivity index (χ2v) is 6.80. The summed E-state index contributed by atoms with van der Waals surface area (Å²) >= 11 is 0. The predicted molar refractivity (Wildman–Crippen MR) is 110 cm³/mol. The highest BCUT2D eigenvalue weighted by Crippen LogP contribution is 2.38. The maximum Gasteiger partial charge on any atom is 0.251 e. The molecule has 2 N–H and O–H groups in total. The molecule has 1 aliphatic carbocycles. The van der Waals surface area contributed by atoms with Crippen LogP contribution in [0.25, 0.3) is 0 Å². The average molecular weight is 398 g/mol. The Morgan fingerprint density at radius 3 is 2.31 bits per heavy atom. The molecule has 0 aliphatic heterocycles. The molecular formula is C22H26N2O5. The molecule has 0 saturated carbocycles. The first-order chi connectivity index (χ1) is 14.1. The molecule has 0 atom stereocenters. The normalized spacial score (nSPS) is 12.5. The number of hydrogen-bond acceptors (Lipinski definition) is 5. The van der Waals surface area contributed by atoms with Gasteiger partial charge in [-0.2, -0.15) is 0 Å². The number of anilines is 1. The highest BCUT2D eigenvalue weighted by atomic mass is 16.5. The lowest BCUT2D eigenvalue weighted by molar-refractivity contribution is -0.115. The third-order valence-corrected chi connectivity index (χ3v) is 5.01. The van der Waals surface area contributed by atoms with Gasteiger partial charge in [-0.15, -0.1) is 0 Å². The van der Waals surface area contributed by atoms with E-state index in [0.717, 1.165) is 24.9 Å². The van der Waals surface area contributed by atoms with Gasteiger partial charge in [0.05, 0.1) is 27.9 Å². The van der Waals surface area contributed by atoms with Crippen molar-refractivity contribution in [1.29, 1.82) is 0 Å². The van der Waals surface area contributed by atoms with Gasteiger partial charge < -0.3 is 24.8 Å². The largest absolute Gasteiger partial charge is 0.493 e. The third kappa shape index (κ3) is 4.62. The van der Waals surface area contributed by atoms with Gasteiger partial charge in [-0.25, -0.2) is 0 Å². The van der Waals surface area contributed by atoms with Crippen molar-refractivity contribution in [2.24, 2.45) is 0 Å². The molecule has 29 heavy (non-hydrogen) atoms. The Labute approximate surface area is 170 Å². The lowest BCUT2D eigenvalue weighted by Gasteiger charge is -2.19. The first-order valence-electron chi connectivity index (χ1n) is 9.56. The van der Waals surface area contributed by atoms with Crippen LogP contribution in [0.2, 0.25) is 0 Å². The van der Waals surface area contributed by atoms with Gasteiger partial charge in [0.15, 0.2) is 11.5 Å². The number of fused-ring (bicyclic) bond motifs is 1. The van der Waals surface area contributed by atoms with Crippen LogP contribution in [0, 0.1) is 0 Å². The first-order valence-corrected chi connectivity index (χ1v) is 9.56. The van der Waals surface area contributed by atoms with Crippen LogP contribution in [0.4, 0.5) is 5.69 Å². The zero-order valence-electron chi connectivity index (χ0n) is 17.0. The van der Waals surface area contributed by atoms with Gasteiger partial charge in [-0.1, -0.05) is 12.1 Å². The molecule has 7 heteroatoms. The van der Waals surface area contributed by atoms with Crippen LogP contribution in [0.1, 0.15) is 34.3 Å². The van der Waals surface area contributed by atoms with Gasteiger partial charge in [0, 0.05) is 11.3 Å². The highest BCUT2D eigenvalue weighted by molar-refractivity contribution is 6.00. The van der Waals surface area contributed by atoms with E-state index in [9.17, 15) is 9.59 Å². The molecular weight excluding hydrogens is 372 g/mol. The number of ether oxygens (including phenoxy) is 3. The molecule has 0 bridgehead atoms. The molecule has 0 heterocycles. The third-order valence-electron chi connectivity index (χ3n) is 5.01.